The largest absolute Gasteiger partial charge is 0.330 e. The van der Waals surface area contributed by atoms with Crippen LogP contribution in [-0.4, -0.2) is 59.4 Å². The summed E-state index contributed by atoms with van der Waals surface area (Å²) in [7, 11) is 0. The van der Waals surface area contributed by atoms with Crippen LogP contribution >= 0.6 is 0 Å². The Morgan fingerprint density at radius 2 is 2.03 bits per heavy atom. The van der Waals surface area contributed by atoms with Gasteiger partial charge in [-0.1, -0.05) is 19.9 Å². The summed E-state index contributed by atoms with van der Waals surface area (Å²) >= 11 is 0. The van der Waals surface area contributed by atoms with Crippen molar-refractivity contribution in [2.75, 3.05) is 42.9 Å². The fraction of sp³-hybridized carbons (Fsp3) is 0.458. The number of benzene rings is 1. The quantitative estimate of drug-likeness (QED) is 0.820. The summed E-state index contributed by atoms with van der Waals surface area (Å²) in [6.07, 6.45) is 4.78. The number of aryl methyl sites for hydroxylation is 1. The molecule has 7 heteroatoms. The number of aromatic nitrogens is 1. The number of hydrogen-bond donors (Lipinski definition) is 1. The van der Waals surface area contributed by atoms with Crippen LogP contribution in [0.25, 0.3) is 0 Å². The molecule has 1 spiro atoms. The van der Waals surface area contributed by atoms with Gasteiger partial charge >= 0.3 is 6.03 Å². The Kier molecular flexibility index (Phi) is 4.93. The lowest BCUT2D eigenvalue weighted by Gasteiger charge is -2.49. The molecule has 0 aliphatic carbocycles. The number of anilines is 3. The smallest absolute Gasteiger partial charge is 0.323 e. The molecule has 7 nitrogen and oxygen atoms in total. The van der Waals surface area contributed by atoms with E-state index >= 15 is 0 Å². The third-order valence-electron chi connectivity index (χ3n) is 6.77. The standard InChI is InChI=1S/C24H29N5O2/c1-3-11-27-12-9-24(14-27)15-28(16-24)23(31)29-20-8-7-17(4-2)13-18(20)22(30)26-19-6-5-10-25-21(19)29/h5-8,10,13H,3-4,9,11-12,14-16H2,1-2H3,(H,26,30). The van der Waals surface area contributed by atoms with Gasteiger partial charge in [-0.25, -0.2) is 14.7 Å². The van der Waals surface area contributed by atoms with E-state index in [1.54, 1.807) is 23.2 Å². The number of nitrogens with zero attached hydrogens (tertiary/aromatic N) is 4. The maximum Gasteiger partial charge on any atom is 0.330 e. The monoisotopic (exact) mass is 419 g/mol. The number of fused-ring (bicyclic) bond motifs is 2. The van der Waals surface area contributed by atoms with Crippen LogP contribution in [0.15, 0.2) is 36.5 Å². The highest BCUT2D eigenvalue weighted by Crippen LogP contribution is 2.43. The molecule has 2 saturated heterocycles. The molecule has 0 saturated carbocycles. The van der Waals surface area contributed by atoms with Crippen molar-refractivity contribution in [2.45, 2.75) is 33.1 Å². The fourth-order valence-corrected chi connectivity index (χ4v) is 5.18. The van der Waals surface area contributed by atoms with E-state index in [1.165, 1.54) is 0 Å². The summed E-state index contributed by atoms with van der Waals surface area (Å²) < 4.78 is 0. The highest BCUT2D eigenvalue weighted by Gasteiger charge is 2.50. The summed E-state index contributed by atoms with van der Waals surface area (Å²) in [4.78, 5) is 37.2. The van der Waals surface area contributed by atoms with Crippen LogP contribution < -0.4 is 10.2 Å². The van der Waals surface area contributed by atoms with Crippen LogP contribution in [0, 0.1) is 5.41 Å². The van der Waals surface area contributed by atoms with E-state index in [2.05, 4.69) is 29.0 Å². The molecule has 3 aliphatic heterocycles. The van der Waals surface area contributed by atoms with Gasteiger partial charge in [0, 0.05) is 31.2 Å². The van der Waals surface area contributed by atoms with Crippen molar-refractivity contribution in [3.8, 4) is 0 Å². The minimum atomic E-state index is -0.207. The van der Waals surface area contributed by atoms with E-state index < -0.39 is 0 Å². The highest BCUT2D eigenvalue weighted by molar-refractivity contribution is 6.17. The molecule has 31 heavy (non-hydrogen) atoms. The van der Waals surface area contributed by atoms with Crippen LogP contribution in [0.2, 0.25) is 0 Å². The van der Waals surface area contributed by atoms with Gasteiger partial charge in [-0.15, -0.1) is 0 Å². The van der Waals surface area contributed by atoms with Gasteiger partial charge in [0.15, 0.2) is 5.82 Å². The number of carbonyl (C=O) groups is 2. The second kappa shape index (κ2) is 7.64. The van der Waals surface area contributed by atoms with E-state index in [9.17, 15) is 9.59 Å². The van der Waals surface area contributed by atoms with Crippen molar-refractivity contribution in [1.82, 2.24) is 14.8 Å². The lowest BCUT2D eigenvalue weighted by Crippen LogP contribution is -2.62. The van der Waals surface area contributed by atoms with Crippen LogP contribution in [0.5, 0.6) is 0 Å². The first-order valence-electron chi connectivity index (χ1n) is 11.2. The average molecular weight is 420 g/mol. The summed E-state index contributed by atoms with van der Waals surface area (Å²) in [6.45, 7) is 9.09. The van der Waals surface area contributed by atoms with Gasteiger partial charge < -0.3 is 15.1 Å². The van der Waals surface area contributed by atoms with Crippen molar-refractivity contribution < 1.29 is 9.59 Å². The Morgan fingerprint density at radius 3 is 2.81 bits per heavy atom. The van der Waals surface area contributed by atoms with E-state index in [-0.39, 0.29) is 17.4 Å². The molecule has 0 bridgehead atoms. The molecule has 162 valence electrons. The van der Waals surface area contributed by atoms with Crippen LogP contribution in [0.4, 0.5) is 22.0 Å². The summed E-state index contributed by atoms with van der Waals surface area (Å²) in [5.74, 6) is 0.268. The molecule has 3 aliphatic rings. The predicted octanol–water partition coefficient (Wildman–Crippen LogP) is 3.89. The zero-order valence-corrected chi connectivity index (χ0v) is 18.2. The fourth-order valence-electron chi connectivity index (χ4n) is 5.18. The Labute approximate surface area is 183 Å². The average Bonchev–Trinajstić information content (AvgIpc) is 3.13. The lowest BCUT2D eigenvalue weighted by molar-refractivity contribution is 0.0424. The van der Waals surface area contributed by atoms with Gasteiger partial charge in [0.25, 0.3) is 5.91 Å². The third-order valence-corrected chi connectivity index (χ3v) is 6.77. The first kappa shape index (κ1) is 20.0. The van der Waals surface area contributed by atoms with Crippen LogP contribution in [-0.2, 0) is 6.42 Å². The second-order valence-electron chi connectivity index (χ2n) is 9.03. The number of nitrogens with one attached hydrogen (secondary N) is 1. The third kappa shape index (κ3) is 3.37. The molecule has 5 rings (SSSR count). The number of pyridine rings is 1. The molecule has 2 fully saturated rings. The number of likely N-dealkylation sites (tertiary alicyclic amines) is 2. The Bertz CT molecular complexity index is 1030. The Hall–Kier alpha value is -2.93. The lowest BCUT2D eigenvalue weighted by atomic mass is 9.79. The molecular weight excluding hydrogens is 390 g/mol. The van der Waals surface area contributed by atoms with Gasteiger partial charge in [0.1, 0.15) is 0 Å². The zero-order valence-electron chi connectivity index (χ0n) is 18.2. The Balaban J connectivity index is 1.47. The number of amides is 3. The van der Waals surface area contributed by atoms with Crippen molar-refractivity contribution in [3.63, 3.8) is 0 Å². The van der Waals surface area contributed by atoms with Crippen molar-refractivity contribution in [2.24, 2.45) is 5.41 Å². The molecule has 0 atom stereocenters. The molecular formula is C24H29N5O2. The number of carbonyl (C=O) groups excluding carboxylic acids is 2. The number of hydrogen-bond acceptors (Lipinski definition) is 4. The van der Waals surface area contributed by atoms with Gasteiger partial charge in [0.05, 0.1) is 16.9 Å². The molecule has 2 aromatic rings. The molecule has 4 heterocycles. The van der Waals surface area contributed by atoms with Crippen LogP contribution in [0.3, 0.4) is 0 Å². The molecule has 1 aromatic carbocycles. The second-order valence-corrected chi connectivity index (χ2v) is 9.03. The number of rotatable bonds is 3. The summed E-state index contributed by atoms with van der Waals surface area (Å²) in [6, 6.07) is 9.20. The van der Waals surface area contributed by atoms with Crippen molar-refractivity contribution in [1.29, 1.82) is 0 Å². The highest BCUT2D eigenvalue weighted by atomic mass is 16.2. The van der Waals surface area contributed by atoms with E-state index in [0.717, 1.165) is 57.5 Å². The van der Waals surface area contributed by atoms with E-state index in [1.807, 2.05) is 23.1 Å². The predicted molar refractivity (Wildman–Crippen MR) is 121 cm³/mol. The minimum Gasteiger partial charge on any atom is -0.323 e. The maximum absolute atomic E-state index is 13.7. The Morgan fingerprint density at radius 1 is 1.19 bits per heavy atom. The minimum absolute atomic E-state index is 0.110. The first-order valence-corrected chi connectivity index (χ1v) is 11.2. The molecule has 3 amide bonds. The topological polar surface area (TPSA) is 68.8 Å². The summed E-state index contributed by atoms with van der Waals surface area (Å²) in [5, 5.41) is 2.94. The van der Waals surface area contributed by atoms with Crippen molar-refractivity contribution in [3.05, 3.63) is 47.7 Å². The van der Waals surface area contributed by atoms with E-state index in [4.69, 9.17) is 0 Å². The number of urea groups is 1. The normalized spacial score (nSPS) is 19.5. The molecule has 1 N–H and O–H groups in total. The van der Waals surface area contributed by atoms with Crippen LogP contribution in [0.1, 0.15) is 42.6 Å². The van der Waals surface area contributed by atoms with Crippen molar-refractivity contribution >= 4 is 29.1 Å². The first-order chi connectivity index (χ1) is 15.0. The molecule has 0 unspecified atom stereocenters. The van der Waals surface area contributed by atoms with Gasteiger partial charge in [-0.3, -0.25) is 4.79 Å². The molecule has 1 aromatic heterocycles. The SMILES string of the molecule is CCCN1CCC2(C1)CN(C(=O)N1c3ccc(CC)cc3C(=O)Nc3cccnc31)C2. The zero-order chi connectivity index (χ0) is 21.6. The van der Waals surface area contributed by atoms with Gasteiger partial charge in [-0.2, -0.15) is 0 Å². The van der Waals surface area contributed by atoms with Gasteiger partial charge in [-0.05, 0) is 62.2 Å². The maximum atomic E-state index is 13.7. The van der Waals surface area contributed by atoms with Gasteiger partial charge in [0.2, 0.25) is 0 Å². The molecule has 0 radical (unpaired) electrons. The summed E-state index contributed by atoms with van der Waals surface area (Å²) in [5.41, 5.74) is 2.94. The van der Waals surface area contributed by atoms with E-state index in [0.29, 0.717) is 22.8 Å².